The van der Waals surface area contributed by atoms with Crippen molar-refractivity contribution >= 4 is 5.96 Å². The second kappa shape index (κ2) is 10.1. The standard InChI is InChI=1S/C19H31N3O3/c1-5-20-19(21-8-7-9-23-4)22-13-16-12-18-15(10-14(3)25-18)11-17(16)24-6-2/h11-12,14H,5-10,13H2,1-4H3,(H2,20,21,22). The highest BCUT2D eigenvalue weighted by Gasteiger charge is 2.21. The Labute approximate surface area is 151 Å². The van der Waals surface area contributed by atoms with Crippen LogP contribution in [0.1, 0.15) is 38.3 Å². The highest BCUT2D eigenvalue weighted by atomic mass is 16.5. The molecule has 1 aromatic rings. The minimum Gasteiger partial charge on any atom is -0.494 e. The maximum absolute atomic E-state index is 5.88. The molecule has 0 fully saturated rings. The van der Waals surface area contributed by atoms with Gasteiger partial charge in [-0.05, 0) is 39.3 Å². The van der Waals surface area contributed by atoms with Gasteiger partial charge in [0.15, 0.2) is 5.96 Å². The summed E-state index contributed by atoms with van der Waals surface area (Å²) in [7, 11) is 1.71. The molecule has 1 atom stereocenters. The van der Waals surface area contributed by atoms with E-state index in [1.807, 2.05) is 6.92 Å². The van der Waals surface area contributed by atoms with Gasteiger partial charge < -0.3 is 24.8 Å². The maximum atomic E-state index is 5.88. The Balaban J connectivity index is 2.09. The lowest BCUT2D eigenvalue weighted by molar-refractivity contribution is 0.195. The van der Waals surface area contributed by atoms with Crippen LogP contribution in [0.3, 0.4) is 0 Å². The van der Waals surface area contributed by atoms with Crippen LogP contribution in [0.5, 0.6) is 11.5 Å². The Bertz CT molecular complexity index is 575. The number of aliphatic imine (C=N–C) groups is 1. The third-order valence-corrected chi connectivity index (χ3v) is 3.95. The van der Waals surface area contributed by atoms with Crippen molar-refractivity contribution in [3.63, 3.8) is 0 Å². The van der Waals surface area contributed by atoms with Crippen LogP contribution in [-0.2, 0) is 17.7 Å². The number of benzene rings is 1. The van der Waals surface area contributed by atoms with Crippen molar-refractivity contribution in [2.45, 2.75) is 46.3 Å². The third-order valence-electron chi connectivity index (χ3n) is 3.95. The molecule has 2 N–H and O–H groups in total. The van der Waals surface area contributed by atoms with Gasteiger partial charge in [0.1, 0.15) is 17.6 Å². The van der Waals surface area contributed by atoms with Gasteiger partial charge in [0.25, 0.3) is 0 Å². The van der Waals surface area contributed by atoms with Gasteiger partial charge in [-0.15, -0.1) is 0 Å². The van der Waals surface area contributed by atoms with Crippen LogP contribution in [0.2, 0.25) is 0 Å². The van der Waals surface area contributed by atoms with E-state index in [0.29, 0.717) is 13.2 Å². The van der Waals surface area contributed by atoms with Crippen molar-refractivity contribution in [3.8, 4) is 11.5 Å². The summed E-state index contributed by atoms with van der Waals surface area (Å²) in [4.78, 5) is 4.69. The number of fused-ring (bicyclic) bond motifs is 1. The molecule has 1 aliphatic heterocycles. The molecule has 1 unspecified atom stereocenters. The smallest absolute Gasteiger partial charge is 0.191 e. The zero-order valence-electron chi connectivity index (χ0n) is 15.9. The lowest BCUT2D eigenvalue weighted by atomic mass is 10.1. The summed E-state index contributed by atoms with van der Waals surface area (Å²) in [5.41, 5.74) is 2.26. The lowest BCUT2D eigenvalue weighted by Gasteiger charge is -2.13. The van der Waals surface area contributed by atoms with Gasteiger partial charge in [0.2, 0.25) is 0 Å². The first-order valence-corrected chi connectivity index (χ1v) is 9.14. The van der Waals surface area contributed by atoms with Crippen LogP contribution in [0, 0.1) is 0 Å². The molecule has 0 spiro atoms. The summed E-state index contributed by atoms with van der Waals surface area (Å²) in [5.74, 6) is 2.66. The zero-order valence-corrected chi connectivity index (χ0v) is 15.9. The number of nitrogens with one attached hydrogen (secondary N) is 2. The van der Waals surface area contributed by atoms with Crippen LogP contribution >= 0.6 is 0 Å². The molecule has 0 bridgehead atoms. The normalized spacial score (nSPS) is 16.3. The molecule has 1 aromatic carbocycles. The number of methoxy groups -OCH3 is 1. The summed E-state index contributed by atoms with van der Waals surface area (Å²) in [6.45, 7) is 9.71. The molecular weight excluding hydrogens is 318 g/mol. The molecule has 6 nitrogen and oxygen atoms in total. The van der Waals surface area contributed by atoms with Gasteiger partial charge >= 0.3 is 0 Å². The highest BCUT2D eigenvalue weighted by molar-refractivity contribution is 5.79. The summed E-state index contributed by atoms with van der Waals surface area (Å²) in [6, 6.07) is 4.17. The van der Waals surface area contributed by atoms with E-state index in [2.05, 4.69) is 41.6 Å². The number of ether oxygens (including phenoxy) is 3. The molecule has 6 heteroatoms. The molecular formula is C19H31N3O3. The number of nitrogens with zero attached hydrogens (tertiary/aromatic N) is 1. The Morgan fingerprint density at radius 1 is 1.32 bits per heavy atom. The van der Waals surface area contributed by atoms with Gasteiger partial charge in [-0.3, -0.25) is 0 Å². The predicted molar refractivity (Wildman–Crippen MR) is 101 cm³/mol. The molecule has 25 heavy (non-hydrogen) atoms. The van der Waals surface area contributed by atoms with Gasteiger partial charge in [-0.1, -0.05) is 0 Å². The van der Waals surface area contributed by atoms with E-state index in [9.17, 15) is 0 Å². The average Bonchev–Trinajstić information content (AvgIpc) is 2.95. The minimum atomic E-state index is 0.225. The number of rotatable bonds is 9. The Morgan fingerprint density at radius 3 is 2.88 bits per heavy atom. The molecule has 1 heterocycles. The molecule has 2 rings (SSSR count). The molecule has 0 aliphatic carbocycles. The quantitative estimate of drug-likeness (QED) is 0.407. The van der Waals surface area contributed by atoms with Crippen molar-refractivity contribution in [2.24, 2.45) is 4.99 Å². The monoisotopic (exact) mass is 349 g/mol. The van der Waals surface area contributed by atoms with E-state index < -0.39 is 0 Å². The molecule has 0 aromatic heterocycles. The van der Waals surface area contributed by atoms with E-state index in [0.717, 1.165) is 55.6 Å². The Kier molecular flexibility index (Phi) is 7.85. The molecule has 140 valence electrons. The second-order valence-corrected chi connectivity index (χ2v) is 6.10. The third kappa shape index (κ3) is 5.81. The topological polar surface area (TPSA) is 64.1 Å². The van der Waals surface area contributed by atoms with E-state index in [1.54, 1.807) is 7.11 Å². The van der Waals surface area contributed by atoms with Crippen LogP contribution in [0.4, 0.5) is 0 Å². The summed E-state index contributed by atoms with van der Waals surface area (Å²) in [5, 5.41) is 6.59. The molecule has 0 radical (unpaired) electrons. The van der Waals surface area contributed by atoms with Crippen LogP contribution in [0.25, 0.3) is 0 Å². The summed E-state index contributed by atoms with van der Waals surface area (Å²) >= 11 is 0. The van der Waals surface area contributed by atoms with E-state index >= 15 is 0 Å². The molecule has 0 amide bonds. The van der Waals surface area contributed by atoms with Crippen molar-refractivity contribution in [3.05, 3.63) is 23.3 Å². The number of hydrogen-bond acceptors (Lipinski definition) is 4. The minimum absolute atomic E-state index is 0.225. The zero-order chi connectivity index (χ0) is 18.1. The van der Waals surface area contributed by atoms with Crippen molar-refractivity contribution in [2.75, 3.05) is 33.4 Å². The van der Waals surface area contributed by atoms with Gasteiger partial charge in [0.05, 0.1) is 13.2 Å². The Hall–Kier alpha value is -1.95. The molecule has 0 saturated heterocycles. The lowest BCUT2D eigenvalue weighted by Crippen LogP contribution is -2.38. The highest BCUT2D eigenvalue weighted by Crippen LogP contribution is 2.35. The van der Waals surface area contributed by atoms with Gasteiger partial charge in [-0.25, -0.2) is 4.99 Å². The van der Waals surface area contributed by atoms with Crippen LogP contribution in [-0.4, -0.2) is 45.5 Å². The largest absolute Gasteiger partial charge is 0.494 e. The van der Waals surface area contributed by atoms with E-state index in [1.165, 1.54) is 5.56 Å². The van der Waals surface area contributed by atoms with Crippen LogP contribution < -0.4 is 20.1 Å². The Morgan fingerprint density at radius 2 is 2.16 bits per heavy atom. The van der Waals surface area contributed by atoms with Crippen molar-refractivity contribution < 1.29 is 14.2 Å². The SMILES string of the molecule is CCNC(=NCc1cc2c(cc1OCC)CC(C)O2)NCCCOC. The number of hydrogen-bond donors (Lipinski definition) is 2. The summed E-state index contributed by atoms with van der Waals surface area (Å²) < 4.78 is 16.8. The van der Waals surface area contributed by atoms with Gasteiger partial charge in [0, 0.05) is 44.4 Å². The predicted octanol–water partition coefficient (Wildman–Crippen LogP) is 2.50. The first kappa shape index (κ1) is 19.4. The molecule has 1 aliphatic rings. The fourth-order valence-corrected chi connectivity index (χ4v) is 2.82. The van der Waals surface area contributed by atoms with E-state index in [-0.39, 0.29) is 6.10 Å². The van der Waals surface area contributed by atoms with Crippen LogP contribution in [0.15, 0.2) is 17.1 Å². The maximum Gasteiger partial charge on any atom is 0.191 e. The fraction of sp³-hybridized carbons (Fsp3) is 0.632. The van der Waals surface area contributed by atoms with Crippen molar-refractivity contribution in [1.29, 1.82) is 0 Å². The molecule has 0 saturated carbocycles. The average molecular weight is 349 g/mol. The van der Waals surface area contributed by atoms with Gasteiger partial charge in [-0.2, -0.15) is 0 Å². The first-order chi connectivity index (χ1) is 12.2. The van der Waals surface area contributed by atoms with Crippen molar-refractivity contribution in [1.82, 2.24) is 10.6 Å². The summed E-state index contributed by atoms with van der Waals surface area (Å²) in [6.07, 6.45) is 2.10. The fourth-order valence-electron chi connectivity index (χ4n) is 2.82. The number of guanidine groups is 1. The second-order valence-electron chi connectivity index (χ2n) is 6.10. The first-order valence-electron chi connectivity index (χ1n) is 9.14. The van der Waals surface area contributed by atoms with E-state index in [4.69, 9.17) is 14.2 Å².